The van der Waals surface area contributed by atoms with Gasteiger partial charge >= 0.3 is 0 Å². The van der Waals surface area contributed by atoms with Crippen LogP contribution < -0.4 is 9.62 Å². The number of nitrogens with zero attached hydrogens (tertiary/aromatic N) is 2. The molecule has 40 heavy (non-hydrogen) atoms. The monoisotopic (exact) mass is 563 g/mol. The number of nitrogens with one attached hydrogen (secondary N) is 1. The lowest BCUT2D eigenvalue weighted by Crippen LogP contribution is -2.53. The van der Waals surface area contributed by atoms with E-state index < -0.39 is 28.5 Å². The Kier molecular flexibility index (Phi) is 10.9. The van der Waals surface area contributed by atoms with Gasteiger partial charge in [0.1, 0.15) is 12.6 Å². The summed E-state index contributed by atoms with van der Waals surface area (Å²) in [6, 6.07) is 23.9. The number of amides is 2. The molecule has 3 aromatic rings. The summed E-state index contributed by atoms with van der Waals surface area (Å²) >= 11 is 0. The first-order valence-corrected chi connectivity index (χ1v) is 15.3. The molecule has 7 nitrogen and oxygen atoms in total. The highest BCUT2D eigenvalue weighted by molar-refractivity contribution is 7.92. The second kappa shape index (κ2) is 14.1. The van der Waals surface area contributed by atoms with Gasteiger partial charge in [0.15, 0.2) is 0 Å². The van der Waals surface area contributed by atoms with Gasteiger partial charge in [0.05, 0.1) is 10.6 Å². The minimum Gasteiger partial charge on any atom is -0.352 e. The molecule has 0 bridgehead atoms. The first-order valence-electron chi connectivity index (χ1n) is 13.9. The van der Waals surface area contributed by atoms with Crippen molar-refractivity contribution in [1.82, 2.24) is 10.2 Å². The summed E-state index contributed by atoms with van der Waals surface area (Å²) in [6.45, 7) is 9.62. The van der Waals surface area contributed by atoms with Crippen LogP contribution in [0.2, 0.25) is 0 Å². The largest absolute Gasteiger partial charge is 0.352 e. The van der Waals surface area contributed by atoms with Crippen LogP contribution in [0, 0.1) is 0 Å². The molecule has 0 unspecified atom stereocenters. The maximum absolute atomic E-state index is 14.1. The van der Waals surface area contributed by atoms with Gasteiger partial charge in [0.25, 0.3) is 10.0 Å². The predicted molar refractivity (Wildman–Crippen MR) is 160 cm³/mol. The molecule has 0 aliphatic rings. The van der Waals surface area contributed by atoms with Crippen LogP contribution in [0.3, 0.4) is 0 Å². The first kappa shape index (κ1) is 30.9. The first-order chi connectivity index (χ1) is 19.1. The van der Waals surface area contributed by atoms with Crippen molar-refractivity contribution >= 4 is 27.5 Å². The van der Waals surface area contributed by atoms with Crippen molar-refractivity contribution in [2.24, 2.45) is 0 Å². The van der Waals surface area contributed by atoms with Gasteiger partial charge in [0.2, 0.25) is 11.8 Å². The fraction of sp³-hybridized carbons (Fsp3) is 0.375. The van der Waals surface area contributed by atoms with Crippen molar-refractivity contribution in [3.63, 3.8) is 0 Å². The number of benzene rings is 3. The van der Waals surface area contributed by atoms with Crippen molar-refractivity contribution < 1.29 is 18.0 Å². The number of rotatable bonds is 13. The van der Waals surface area contributed by atoms with Gasteiger partial charge in [-0.15, -0.1) is 0 Å². The molecule has 0 spiro atoms. The SMILES string of the molecule is CC[C@@H](C)NC(=O)[C@@H](CC)N(Cc1ccccc1)C(=O)CN(c1ccc(C(C)C)cc1)S(=O)(=O)c1ccccc1. The van der Waals surface area contributed by atoms with Crippen molar-refractivity contribution in [2.75, 3.05) is 10.8 Å². The molecule has 0 saturated carbocycles. The molecule has 0 fully saturated rings. The smallest absolute Gasteiger partial charge is 0.264 e. The molecule has 3 aromatic carbocycles. The average molecular weight is 564 g/mol. The van der Waals surface area contributed by atoms with E-state index in [1.807, 2.05) is 63.2 Å². The summed E-state index contributed by atoms with van der Waals surface area (Å²) in [4.78, 5) is 29.0. The van der Waals surface area contributed by atoms with E-state index in [1.165, 1.54) is 17.0 Å². The molecule has 0 radical (unpaired) electrons. The number of carbonyl (C=O) groups excluding carboxylic acids is 2. The van der Waals surface area contributed by atoms with E-state index in [0.29, 0.717) is 12.1 Å². The molecule has 0 saturated heterocycles. The lowest BCUT2D eigenvalue weighted by atomic mass is 10.0. The van der Waals surface area contributed by atoms with Gasteiger partial charge < -0.3 is 10.2 Å². The maximum Gasteiger partial charge on any atom is 0.264 e. The zero-order valence-electron chi connectivity index (χ0n) is 24.1. The van der Waals surface area contributed by atoms with Gasteiger partial charge in [-0.25, -0.2) is 8.42 Å². The Hall–Kier alpha value is -3.65. The van der Waals surface area contributed by atoms with Crippen LogP contribution in [0.5, 0.6) is 0 Å². The number of anilines is 1. The third kappa shape index (κ3) is 7.72. The summed E-state index contributed by atoms with van der Waals surface area (Å²) in [5.74, 6) is -0.437. The van der Waals surface area contributed by atoms with E-state index in [4.69, 9.17) is 0 Å². The molecule has 8 heteroatoms. The van der Waals surface area contributed by atoms with Gasteiger partial charge in [-0.3, -0.25) is 13.9 Å². The van der Waals surface area contributed by atoms with Gasteiger partial charge in [-0.05, 0) is 61.1 Å². The van der Waals surface area contributed by atoms with Crippen molar-refractivity contribution in [3.05, 3.63) is 96.1 Å². The van der Waals surface area contributed by atoms with Crippen LogP contribution in [0.4, 0.5) is 5.69 Å². The quantitative estimate of drug-likeness (QED) is 0.288. The highest BCUT2D eigenvalue weighted by Crippen LogP contribution is 2.27. The van der Waals surface area contributed by atoms with E-state index in [2.05, 4.69) is 19.2 Å². The van der Waals surface area contributed by atoms with E-state index in [9.17, 15) is 18.0 Å². The van der Waals surface area contributed by atoms with Crippen LogP contribution in [0.25, 0.3) is 0 Å². The van der Waals surface area contributed by atoms with Crippen LogP contribution in [0.15, 0.2) is 89.8 Å². The molecular formula is C32H41N3O4S. The minimum atomic E-state index is -4.08. The minimum absolute atomic E-state index is 0.0512. The molecule has 0 aromatic heterocycles. The van der Waals surface area contributed by atoms with Crippen LogP contribution in [0.1, 0.15) is 64.5 Å². The lowest BCUT2D eigenvalue weighted by molar-refractivity contribution is -0.140. The highest BCUT2D eigenvalue weighted by Gasteiger charge is 2.34. The zero-order valence-corrected chi connectivity index (χ0v) is 24.9. The third-order valence-electron chi connectivity index (χ3n) is 7.04. The van der Waals surface area contributed by atoms with Crippen molar-refractivity contribution in [2.45, 2.75) is 76.9 Å². The molecule has 2 atom stereocenters. The second-order valence-corrected chi connectivity index (χ2v) is 12.2. The maximum atomic E-state index is 14.1. The topological polar surface area (TPSA) is 86.8 Å². The number of sulfonamides is 1. The third-order valence-corrected chi connectivity index (χ3v) is 8.83. The molecular weight excluding hydrogens is 522 g/mol. The molecule has 0 aliphatic carbocycles. The Morgan fingerprint density at radius 3 is 1.90 bits per heavy atom. The summed E-state index contributed by atoms with van der Waals surface area (Å²) in [5, 5.41) is 2.99. The summed E-state index contributed by atoms with van der Waals surface area (Å²) in [7, 11) is -4.08. The Morgan fingerprint density at radius 2 is 1.38 bits per heavy atom. The standard InChI is InChI=1S/C32H41N3O4S/c1-6-25(5)33-32(37)30(7-2)34(22-26-14-10-8-11-15-26)31(36)23-35(28-20-18-27(19-21-28)24(3)4)40(38,39)29-16-12-9-13-17-29/h8-21,24-25,30H,6-7,22-23H2,1-5H3,(H,33,37)/t25-,30-/m1/s1. The van der Waals surface area contributed by atoms with Gasteiger partial charge in [-0.2, -0.15) is 0 Å². The summed E-state index contributed by atoms with van der Waals surface area (Å²) < 4.78 is 28.9. The van der Waals surface area contributed by atoms with E-state index in [0.717, 1.165) is 21.9 Å². The Bertz CT molecular complexity index is 1340. The molecule has 3 rings (SSSR count). The Morgan fingerprint density at radius 1 is 0.800 bits per heavy atom. The van der Waals surface area contributed by atoms with Gasteiger partial charge in [-0.1, -0.05) is 88.4 Å². The number of hydrogen-bond donors (Lipinski definition) is 1. The normalized spacial score (nSPS) is 12.9. The van der Waals surface area contributed by atoms with E-state index in [1.54, 1.807) is 30.3 Å². The number of hydrogen-bond acceptors (Lipinski definition) is 4. The molecule has 2 amide bonds. The Labute approximate surface area is 239 Å². The van der Waals surface area contributed by atoms with E-state index in [-0.39, 0.29) is 29.3 Å². The second-order valence-electron chi connectivity index (χ2n) is 10.3. The van der Waals surface area contributed by atoms with Gasteiger partial charge in [0, 0.05) is 12.6 Å². The van der Waals surface area contributed by atoms with Crippen LogP contribution >= 0.6 is 0 Å². The van der Waals surface area contributed by atoms with Crippen LogP contribution in [-0.2, 0) is 26.2 Å². The fourth-order valence-corrected chi connectivity index (χ4v) is 5.85. The predicted octanol–water partition coefficient (Wildman–Crippen LogP) is 5.73. The lowest BCUT2D eigenvalue weighted by Gasteiger charge is -2.33. The zero-order chi connectivity index (χ0) is 29.3. The molecule has 1 N–H and O–H groups in total. The van der Waals surface area contributed by atoms with Crippen molar-refractivity contribution in [3.8, 4) is 0 Å². The highest BCUT2D eigenvalue weighted by atomic mass is 32.2. The summed E-state index contributed by atoms with van der Waals surface area (Å²) in [5.41, 5.74) is 2.30. The fourth-order valence-electron chi connectivity index (χ4n) is 4.41. The number of carbonyl (C=O) groups is 2. The van der Waals surface area contributed by atoms with E-state index >= 15 is 0 Å². The Balaban J connectivity index is 2.04. The molecule has 0 heterocycles. The average Bonchev–Trinajstić information content (AvgIpc) is 2.96. The molecule has 214 valence electrons. The van der Waals surface area contributed by atoms with Crippen LogP contribution in [-0.4, -0.2) is 43.8 Å². The molecule has 0 aliphatic heterocycles. The van der Waals surface area contributed by atoms with Crippen molar-refractivity contribution in [1.29, 1.82) is 0 Å². The summed E-state index contributed by atoms with van der Waals surface area (Å²) in [6.07, 6.45) is 1.14.